The zero-order chi connectivity index (χ0) is 21.0. The minimum Gasteiger partial charge on any atom is -0.467 e. The maximum Gasteiger partial charge on any atom is 0.340 e. The Bertz CT molecular complexity index is 885. The number of hydrogen-bond acceptors (Lipinski definition) is 5. The van der Waals surface area contributed by atoms with Crippen LogP contribution in [-0.2, 0) is 16.1 Å². The molecule has 2 aromatic rings. The van der Waals surface area contributed by atoms with E-state index in [9.17, 15) is 14.4 Å². The molecule has 156 valence electrons. The van der Waals surface area contributed by atoms with Crippen LogP contribution in [0.25, 0.3) is 0 Å². The fraction of sp³-hybridized carbons (Fsp3) is 0.476. The van der Waals surface area contributed by atoms with Crippen LogP contribution in [0.15, 0.2) is 22.8 Å². The molecule has 0 radical (unpaired) electrons. The summed E-state index contributed by atoms with van der Waals surface area (Å²) in [5, 5.41) is 2.87. The van der Waals surface area contributed by atoms with Crippen LogP contribution in [-0.4, -0.2) is 47.4 Å². The fourth-order valence-corrected chi connectivity index (χ4v) is 3.74. The summed E-state index contributed by atoms with van der Waals surface area (Å²) >= 11 is 0. The molecule has 1 aliphatic rings. The lowest BCUT2D eigenvalue weighted by Crippen LogP contribution is -2.45. The number of carbonyl (C=O) groups is 3. The minimum atomic E-state index is -0.438. The van der Waals surface area contributed by atoms with Crippen molar-refractivity contribution >= 4 is 17.8 Å². The second-order valence-corrected chi connectivity index (χ2v) is 7.23. The number of aryl methyl sites for hydroxylation is 1. The predicted molar refractivity (Wildman–Crippen MR) is 105 cm³/mol. The van der Waals surface area contributed by atoms with Crippen molar-refractivity contribution < 1.29 is 23.5 Å². The number of aromatic nitrogens is 1. The van der Waals surface area contributed by atoms with Crippen molar-refractivity contribution in [3.63, 3.8) is 0 Å². The van der Waals surface area contributed by atoms with E-state index in [2.05, 4.69) is 10.3 Å². The van der Waals surface area contributed by atoms with Crippen molar-refractivity contribution in [2.45, 2.75) is 40.2 Å². The number of ether oxygens (including phenoxy) is 1. The molecule has 0 aliphatic carbocycles. The first kappa shape index (κ1) is 20.7. The van der Waals surface area contributed by atoms with E-state index in [1.165, 1.54) is 0 Å². The fourth-order valence-electron chi connectivity index (χ4n) is 3.74. The Kier molecular flexibility index (Phi) is 6.41. The Labute approximate surface area is 169 Å². The van der Waals surface area contributed by atoms with Crippen molar-refractivity contribution in [3.8, 4) is 0 Å². The molecule has 0 unspecified atom stereocenters. The van der Waals surface area contributed by atoms with E-state index in [1.54, 1.807) is 44.1 Å². The molecule has 1 atom stereocenters. The number of likely N-dealkylation sites (tertiary alicyclic amines) is 1. The Hall–Kier alpha value is -3.03. The summed E-state index contributed by atoms with van der Waals surface area (Å²) in [6.07, 6.45) is 3.03. The summed E-state index contributed by atoms with van der Waals surface area (Å²) < 4.78 is 10.3. The maximum absolute atomic E-state index is 13.1. The molecule has 3 rings (SSSR count). The van der Waals surface area contributed by atoms with E-state index >= 15 is 0 Å². The number of H-pyrrole nitrogens is 1. The molecule has 1 fully saturated rings. The van der Waals surface area contributed by atoms with Gasteiger partial charge in [0.1, 0.15) is 11.5 Å². The molecular formula is C21H27N3O5. The van der Waals surface area contributed by atoms with Gasteiger partial charge < -0.3 is 24.4 Å². The molecule has 0 spiro atoms. The average molecular weight is 401 g/mol. The number of esters is 1. The molecule has 1 aliphatic heterocycles. The molecule has 0 saturated carbocycles. The molecule has 0 aromatic carbocycles. The number of nitrogens with one attached hydrogen (secondary N) is 2. The van der Waals surface area contributed by atoms with E-state index in [1.807, 2.05) is 0 Å². The van der Waals surface area contributed by atoms with Gasteiger partial charge in [0.15, 0.2) is 0 Å². The number of piperidine rings is 1. The molecule has 8 nitrogen and oxygen atoms in total. The third-order valence-corrected chi connectivity index (χ3v) is 5.23. The molecule has 2 amide bonds. The van der Waals surface area contributed by atoms with Gasteiger partial charge in [-0.05, 0) is 51.3 Å². The van der Waals surface area contributed by atoms with Gasteiger partial charge in [0.05, 0.1) is 30.9 Å². The summed E-state index contributed by atoms with van der Waals surface area (Å²) in [7, 11) is 0. The first-order valence-electron chi connectivity index (χ1n) is 9.88. The molecule has 1 saturated heterocycles. The minimum absolute atomic E-state index is 0.0921. The van der Waals surface area contributed by atoms with Crippen LogP contribution < -0.4 is 5.32 Å². The summed E-state index contributed by atoms with van der Waals surface area (Å²) in [4.78, 5) is 42.5. The third-order valence-electron chi connectivity index (χ3n) is 5.23. The lowest BCUT2D eigenvalue weighted by molar-refractivity contribution is -0.126. The largest absolute Gasteiger partial charge is 0.467 e. The quantitative estimate of drug-likeness (QED) is 0.724. The molecule has 29 heavy (non-hydrogen) atoms. The van der Waals surface area contributed by atoms with Crippen molar-refractivity contribution in [2.75, 3.05) is 19.7 Å². The maximum atomic E-state index is 13.1. The van der Waals surface area contributed by atoms with Crippen molar-refractivity contribution in [1.82, 2.24) is 15.2 Å². The van der Waals surface area contributed by atoms with Crippen LogP contribution >= 0.6 is 0 Å². The van der Waals surface area contributed by atoms with Crippen LogP contribution in [0.5, 0.6) is 0 Å². The molecular weight excluding hydrogens is 374 g/mol. The number of furan rings is 1. The van der Waals surface area contributed by atoms with Crippen LogP contribution in [0.3, 0.4) is 0 Å². The lowest BCUT2D eigenvalue weighted by Gasteiger charge is -2.32. The Morgan fingerprint density at radius 1 is 1.34 bits per heavy atom. The molecule has 3 heterocycles. The normalized spacial score (nSPS) is 16.5. The van der Waals surface area contributed by atoms with E-state index in [-0.39, 0.29) is 24.3 Å². The Balaban J connectivity index is 1.67. The highest BCUT2D eigenvalue weighted by Gasteiger charge is 2.31. The van der Waals surface area contributed by atoms with Gasteiger partial charge >= 0.3 is 5.97 Å². The molecule has 0 bridgehead atoms. The molecule has 2 aromatic heterocycles. The van der Waals surface area contributed by atoms with Crippen LogP contribution in [0.2, 0.25) is 0 Å². The predicted octanol–water partition coefficient (Wildman–Crippen LogP) is 2.57. The second-order valence-electron chi connectivity index (χ2n) is 7.23. The van der Waals surface area contributed by atoms with Crippen molar-refractivity contribution in [1.29, 1.82) is 0 Å². The molecule has 8 heteroatoms. The first-order valence-corrected chi connectivity index (χ1v) is 9.88. The van der Waals surface area contributed by atoms with Gasteiger partial charge in [-0.25, -0.2) is 4.79 Å². The van der Waals surface area contributed by atoms with E-state index in [0.717, 1.165) is 12.8 Å². The Morgan fingerprint density at radius 2 is 2.14 bits per heavy atom. The van der Waals surface area contributed by atoms with Crippen LogP contribution in [0.4, 0.5) is 0 Å². The van der Waals surface area contributed by atoms with Gasteiger partial charge in [-0.15, -0.1) is 0 Å². The van der Waals surface area contributed by atoms with Crippen LogP contribution in [0.1, 0.15) is 57.6 Å². The topological polar surface area (TPSA) is 105 Å². The highest BCUT2D eigenvalue weighted by Crippen LogP contribution is 2.24. The summed E-state index contributed by atoms with van der Waals surface area (Å²) in [6.45, 7) is 6.74. The second kappa shape index (κ2) is 8.98. The van der Waals surface area contributed by atoms with Gasteiger partial charge in [0.2, 0.25) is 5.91 Å². The summed E-state index contributed by atoms with van der Waals surface area (Å²) in [6, 6.07) is 3.57. The van der Waals surface area contributed by atoms with E-state index in [4.69, 9.17) is 9.15 Å². The highest BCUT2D eigenvalue weighted by atomic mass is 16.5. The zero-order valence-corrected chi connectivity index (χ0v) is 17.0. The third kappa shape index (κ3) is 4.52. The van der Waals surface area contributed by atoms with Gasteiger partial charge in [-0.2, -0.15) is 0 Å². The van der Waals surface area contributed by atoms with Crippen molar-refractivity contribution in [3.05, 3.63) is 46.7 Å². The number of aromatic amines is 1. The van der Waals surface area contributed by atoms with Crippen LogP contribution in [0, 0.1) is 19.8 Å². The van der Waals surface area contributed by atoms with Crippen molar-refractivity contribution in [2.24, 2.45) is 5.92 Å². The standard InChI is InChI=1S/C21H27N3O5/c1-4-28-21(27)17-13(2)18(23-14(17)3)20(26)24-9-5-7-15(12-24)19(25)22-11-16-8-6-10-29-16/h6,8,10,15,23H,4-5,7,9,11-12H2,1-3H3,(H,22,25)/t15-/m0/s1. The number of hydrogen-bond donors (Lipinski definition) is 2. The SMILES string of the molecule is CCOC(=O)c1c(C)[nH]c(C(=O)N2CCC[C@H](C(=O)NCc3ccco3)C2)c1C. The Morgan fingerprint density at radius 3 is 2.83 bits per heavy atom. The number of rotatable bonds is 6. The smallest absolute Gasteiger partial charge is 0.340 e. The number of amides is 2. The van der Waals surface area contributed by atoms with Gasteiger partial charge in [0.25, 0.3) is 5.91 Å². The summed E-state index contributed by atoms with van der Waals surface area (Å²) in [5.41, 5.74) is 1.96. The number of carbonyl (C=O) groups excluding carboxylic acids is 3. The molecule has 2 N–H and O–H groups in total. The monoisotopic (exact) mass is 401 g/mol. The zero-order valence-electron chi connectivity index (χ0n) is 17.0. The lowest BCUT2D eigenvalue weighted by atomic mass is 9.96. The van der Waals surface area contributed by atoms with Gasteiger partial charge in [0, 0.05) is 18.8 Å². The van der Waals surface area contributed by atoms with Gasteiger partial charge in [-0.1, -0.05) is 0 Å². The first-order chi connectivity index (χ1) is 13.9. The average Bonchev–Trinajstić information content (AvgIpc) is 3.33. The van der Waals surface area contributed by atoms with E-state index in [0.29, 0.717) is 47.9 Å². The van der Waals surface area contributed by atoms with Gasteiger partial charge in [-0.3, -0.25) is 9.59 Å². The van der Waals surface area contributed by atoms with E-state index < -0.39 is 5.97 Å². The highest BCUT2D eigenvalue weighted by molar-refractivity contribution is 6.00. The summed E-state index contributed by atoms with van der Waals surface area (Å²) in [5.74, 6) is -0.323. The number of nitrogens with zero attached hydrogens (tertiary/aromatic N) is 1.